The predicted molar refractivity (Wildman–Crippen MR) is 90.1 cm³/mol. The molecule has 0 fully saturated rings. The summed E-state index contributed by atoms with van der Waals surface area (Å²) in [7, 11) is -3.72. The average molecular weight is 356 g/mol. The fraction of sp³-hybridized carbons (Fsp3) is 0.125. The van der Waals surface area contributed by atoms with Gasteiger partial charge in [0.15, 0.2) is 0 Å². The zero-order chi connectivity index (χ0) is 16.2. The van der Waals surface area contributed by atoms with Crippen LogP contribution in [-0.2, 0) is 16.6 Å². The first-order valence-electron chi connectivity index (χ1n) is 6.55. The van der Waals surface area contributed by atoms with E-state index in [0.717, 1.165) is 15.4 Å². The van der Waals surface area contributed by atoms with Crippen molar-refractivity contribution in [2.45, 2.75) is 18.4 Å². The zero-order valence-electron chi connectivity index (χ0n) is 11.9. The van der Waals surface area contributed by atoms with Crippen molar-refractivity contribution in [2.24, 2.45) is 0 Å². The summed E-state index contributed by atoms with van der Waals surface area (Å²) < 4.78 is 26.5. The van der Waals surface area contributed by atoms with Crippen molar-refractivity contribution in [3.63, 3.8) is 0 Å². The smallest absolute Gasteiger partial charge is 0.264 e. The third kappa shape index (κ3) is 4.26. The summed E-state index contributed by atoms with van der Waals surface area (Å²) in [4.78, 5) is 0.194. The molecule has 3 nitrogen and oxygen atoms in total. The summed E-state index contributed by atoms with van der Waals surface area (Å²) in [6, 6.07) is 15.9. The van der Waals surface area contributed by atoms with Crippen molar-refractivity contribution in [3.05, 3.63) is 76.4 Å². The fourth-order valence-corrected chi connectivity index (χ4v) is 3.58. The lowest BCUT2D eigenvalue weighted by Crippen LogP contribution is -2.25. The number of nitrogens with zero attached hydrogens (tertiary/aromatic N) is 1. The summed E-state index contributed by atoms with van der Waals surface area (Å²) in [5.41, 5.74) is 1.82. The SMILES string of the molecule is Cc1ccc(S(=O)(=O)N(C=C(Cl)Cl)Cc2ccccc2)cc1. The van der Waals surface area contributed by atoms with Crippen LogP contribution in [-0.4, -0.2) is 12.7 Å². The molecule has 116 valence electrons. The number of sulfonamides is 1. The molecular weight excluding hydrogens is 341 g/mol. The minimum atomic E-state index is -3.72. The Labute approximate surface area is 140 Å². The van der Waals surface area contributed by atoms with Gasteiger partial charge in [-0.2, -0.15) is 0 Å². The molecule has 0 saturated carbocycles. The van der Waals surface area contributed by atoms with Crippen LogP contribution in [0.4, 0.5) is 0 Å². The quantitative estimate of drug-likeness (QED) is 0.793. The van der Waals surface area contributed by atoms with Crippen molar-refractivity contribution in [1.82, 2.24) is 4.31 Å². The highest BCUT2D eigenvalue weighted by Gasteiger charge is 2.22. The lowest BCUT2D eigenvalue weighted by atomic mass is 10.2. The van der Waals surface area contributed by atoms with Crippen LogP contribution in [0.1, 0.15) is 11.1 Å². The number of halogens is 2. The molecule has 0 aliphatic heterocycles. The Morgan fingerprint density at radius 3 is 2.18 bits per heavy atom. The van der Waals surface area contributed by atoms with Crippen LogP contribution in [0.25, 0.3) is 0 Å². The second kappa shape index (κ2) is 7.18. The second-order valence-corrected chi connectivity index (χ2v) is 7.67. The number of hydrogen-bond donors (Lipinski definition) is 0. The summed E-state index contributed by atoms with van der Waals surface area (Å²) in [5, 5.41) is 0. The van der Waals surface area contributed by atoms with Crippen molar-refractivity contribution in [2.75, 3.05) is 0 Å². The molecule has 2 aromatic carbocycles. The molecule has 0 bridgehead atoms. The second-order valence-electron chi connectivity index (χ2n) is 4.77. The molecule has 0 aliphatic rings. The summed E-state index contributed by atoms with van der Waals surface area (Å²) >= 11 is 11.4. The fourth-order valence-electron chi connectivity index (χ4n) is 1.92. The maximum atomic E-state index is 12.7. The van der Waals surface area contributed by atoms with E-state index < -0.39 is 10.0 Å². The molecule has 0 aliphatic carbocycles. The Bertz CT molecular complexity index is 752. The van der Waals surface area contributed by atoms with Crippen molar-refractivity contribution >= 4 is 33.2 Å². The highest BCUT2D eigenvalue weighted by molar-refractivity contribution is 7.89. The number of hydrogen-bond acceptors (Lipinski definition) is 2. The number of benzene rings is 2. The summed E-state index contributed by atoms with van der Waals surface area (Å²) in [6.07, 6.45) is 1.21. The van der Waals surface area contributed by atoms with E-state index in [0.29, 0.717) is 0 Å². The molecule has 6 heteroatoms. The largest absolute Gasteiger partial charge is 0.267 e. The Morgan fingerprint density at radius 1 is 1.05 bits per heavy atom. The monoisotopic (exact) mass is 355 g/mol. The first-order chi connectivity index (χ1) is 10.4. The van der Waals surface area contributed by atoms with Gasteiger partial charge in [-0.05, 0) is 24.6 Å². The average Bonchev–Trinajstić information content (AvgIpc) is 2.47. The molecule has 0 atom stereocenters. The lowest BCUT2D eigenvalue weighted by molar-refractivity contribution is 0.495. The molecule has 0 N–H and O–H groups in total. The van der Waals surface area contributed by atoms with Gasteiger partial charge in [0, 0.05) is 6.20 Å². The third-order valence-corrected chi connectivity index (χ3v) is 4.97. The van der Waals surface area contributed by atoms with Gasteiger partial charge < -0.3 is 0 Å². The third-order valence-electron chi connectivity index (χ3n) is 3.05. The van der Waals surface area contributed by atoms with Gasteiger partial charge in [0.25, 0.3) is 10.0 Å². The highest BCUT2D eigenvalue weighted by atomic mass is 35.5. The van der Waals surface area contributed by atoms with Crippen LogP contribution < -0.4 is 0 Å². The van der Waals surface area contributed by atoms with Crippen LogP contribution in [0.5, 0.6) is 0 Å². The van der Waals surface area contributed by atoms with Crippen LogP contribution in [0.3, 0.4) is 0 Å². The molecule has 2 rings (SSSR count). The van der Waals surface area contributed by atoms with E-state index in [-0.39, 0.29) is 15.9 Å². The van der Waals surface area contributed by atoms with Crippen LogP contribution in [0, 0.1) is 6.92 Å². The van der Waals surface area contributed by atoms with Crippen LogP contribution in [0.2, 0.25) is 0 Å². The van der Waals surface area contributed by atoms with Gasteiger partial charge in [0.2, 0.25) is 0 Å². The maximum absolute atomic E-state index is 12.7. The van der Waals surface area contributed by atoms with Gasteiger partial charge in [0.05, 0.1) is 11.4 Å². The van der Waals surface area contributed by atoms with Crippen molar-refractivity contribution in [1.29, 1.82) is 0 Å². The minimum Gasteiger partial charge on any atom is -0.267 e. The van der Waals surface area contributed by atoms with Gasteiger partial charge in [0.1, 0.15) is 4.49 Å². The molecule has 0 radical (unpaired) electrons. The van der Waals surface area contributed by atoms with Gasteiger partial charge in [-0.1, -0.05) is 71.2 Å². The van der Waals surface area contributed by atoms with Gasteiger partial charge in [-0.3, -0.25) is 4.31 Å². The highest BCUT2D eigenvalue weighted by Crippen LogP contribution is 2.22. The molecule has 2 aromatic rings. The molecular formula is C16H15Cl2NO2S. The van der Waals surface area contributed by atoms with Crippen molar-refractivity contribution < 1.29 is 8.42 Å². The van der Waals surface area contributed by atoms with Gasteiger partial charge in [-0.15, -0.1) is 0 Å². The Morgan fingerprint density at radius 2 is 1.64 bits per heavy atom. The van der Waals surface area contributed by atoms with E-state index in [4.69, 9.17) is 23.2 Å². The Balaban J connectivity index is 2.40. The lowest BCUT2D eigenvalue weighted by Gasteiger charge is -2.21. The van der Waals surface area contributed by atoms with E-state index in [1.807, 2.05) is 37.3 Å². The molecule has 0 unspecified atom stereocenters. The van der Waals surface area contributed by atoms with E-state index in [9.17, 15) is 8.42 Å². The standard InChI is InChI=1S/C16H15Cl2NO2S/c1-13-7-9-15(10-8-13)22(20,21)19(12-16(17)18)11-14-5-3-2-4-6-14/h2-10,12H,11H2,1H3. The van der Waals surface area contributed by atoms with Gasteiger partial charge >= 0.3 is 0 Å². The summed E-state index contributed by atoms with van der Waals surface area (Å²) in [5.74, 6) is 0. The topological polar surface area (TPSA) is 37.4 Å². The summed E-state index contributed by atoms with van der Waals surface area (Å²) in [6.45, 7) is 2.05. The van der Waals surface area contributed by atoms with E-state index in [2.05, 4.69) is 0 Å². The first kappa shape index (κ1) is 16.9. The molecule has 22 heavy (non-hydrogen) atoms. The zero-order valence-corrected chi connectivity index (χ0v) is 14.2. The Hall–Kier alpha value is -1.49. The Kier molecular flexibility index (Phi) is 5.51. The first-order valence-corrected chi connectivity index (χ1v) is 8.74. The molecule has 0 amide bonds. The minimum absolute atomic E-state index is 0.119. The molecule has 0 aromatic heterocycles. The number of aryl methyl sites for hydroxylation is 1. The van der Waals surface area contributed by atoms with E-state index in [1.54, 1.807) is 24.3 Å². The van der Waals surface area contributed by atoms with Crippen LogP contribution >= 0.6 is 23.2 Å². The molecule has 0 heterocycles. The normalized spacial score (nSPS) is 11.0. The number of rotatable bonds is 5. The van der Waals surface area contributed by atoms with E-state index >= 15 is 0 Å². The molecule has 0 saturated heterocycles. The van der Waals surface area contributed by atoms with Crippen molar-refractivity contribution in [3.8, 4) is 0 Å². The van der Waals surface area contributed by atoms with Crippen LogP contribution in [0.15, 0.2) is 70.2 Å². The van der Waals surface area contributed by atoms with E-state index in [1.165, 1.54) is 6.20 Å². The molecule has 0 spiro atoms. The maximum Gasteiger partial charge on any atom is 0.264 e. The van der Waals surface area contributed by atoms with Gasteiger partial charge in [-0.25, -0.2) is 8.42 Å². The predicted octanol–water partition coefficient (Wildman–Crippen LogP) is 4.46.